The number of quaternary nitrogens is 1. The number of hydrogen-bond acceptors (Lipinski definition) is 3. The lowest BCUT2D eigenvalue weighted by atomic mass is 10.2. The van der Waals surface area contributed by atoms with Gasteiger partial charge in [-0.1, -0.05) is 24.3 Å². The largest absolute Gasteiger partial charge is 0.492 e. The number of rotatable bonds is 6. The molecule has 2 aromatic rings. The van der Waals surface area contributed by atoms with Gasteiger partial charge in [0, 0.05) is 11.3 Å². The fourth-order valence-electron chi connectivity index (χ4n) is 2.97. The highest BCUT2D eigenvalue weighted by Gasteiger charge is 2.14. The van der Waals surface area contributed by atoms with E-state index < -0.39 is 0 Å². The molecule has 6 heteroatoms. The van der Waals surface area contributed by atoms with Gasteiger partial charge in [-0.3, -0.25) is 0 Å². The molecule has 1 saturated heterocycles. The highest BCUT2D eigenvalue weighted by Crippen LogP contribution is 2.23. The van der Waals surface area contributed by atoms with Gasteiger partial charge in [0.05, 0.1) is 25.5 Å². The summed E-state index contributed by atoms with van der Waals surface area (Å²) in [6.07, 6.45) is 0. The van der Waals surface area contributed by atoms with Crippen LogP contribution in [0.1, 0.15) is 12.5 Å². The van der Waals surface area contributed by atoms with Crippen LogP contribution in [-0.4, -0.2) is 38.0 Å². The second-order valence-electron chi connectivity index (χ2n) is 6.24. The van der Waals surface area contributed by atoms with Crippen LogP contribution in [-0.2, 0) is 11.3 Å². The van der Waals surface area contributed by atoms with Gasteiger partial charge in [-0.2, -0.15) is 0 Å². The highest BCUT2D eigenvalue weighted by atomic mass is 32.1. The molecule has 3 rings (SSSR count). The minimum atomic E-state index is 0.545. The molecule has 0 atom stereocenters. The molecule has 0 radical (unpaired) electrons. The minimum absolute atomic E-state index is 0.545. The van der Waals surface area contributed by atoms with Crippen molar-refractivity contribution in [1.29, 1.82) is 0 Å². The van der Waals surface area contributed by atoms with Crippen LogP contribution in [0.25, 0.3) is 0 Å². The summed E-state index contributed by atoms with van der Waals surface area (Å²) in [5.41, 5.74) is 3.16. The van der Waals surface area contributed by atoms with Crippen LogP contribution in [0.2, 0.25) is 0 Å². The van der Waals surface area contributed by atoms with E-state index in [0.717, 1.165) is 50.0 Å². The highest BCUT2D eigenvalue weighted by molar-refractivity contribution is 7.80. The first kappa shape index (κ1) is 18.6. The van der Waals surface area contributed by atoms with Gasteiger partial charge in [0.2, 0.25) is 0 Å². The van der Waals surface area contributed by atoms with Crippen molar-refractivity contribution in [2.75, 3.05) is 43.5 Å². The van der Waals surface area contributed by atoms with Crippen molar-refractivity contribution in [3.05, 3.63) is 54.1 Å². The third-order valence-electron chi connectivity index (χ3n) is 4.30. The van der Waals surface area contributed by atoms with Gasteiger partial charge >= 0.3 is 0 Å². The SMILES string of the molecule is CCOc1ccccc1NC(=S)Nc1ccc(C[NH+]2CCOCC2)cc1. The smallest absolute Gasteiger partial charge is 0.175 e. The molecule has 26 heavy (non-hydrogen) atoms. The van der Waals surface area contributed by atoms with E-state index in [0.29, 0.717) is 11.7 Å². The molecule has 0 amide bonds. The summed E-state index contributed by atoms with van der Waals surface area (Å²) in [6, 6.07) is 16.2. The Kier molecular flexibility index (Phi) is 6.82. The van der Waals surface area contributed by atoms with Crippen molar-refractivity contribution >= 4 is 28.7 Å². The first-order valence-electron chi connectivity index (χ1n) is 9.04. The van der Waals surface area contributed by atoms with Crippen LogP contribution in [0, 0.1) is 0 Å². The van der Waals surface area contributed by atoms with E-state index in [1.807, 2.05) is 31.2 Å². The van der Waals surface area contributed by atoms with Crippen LogP contribution in [0.15, 0.2) is 48.5 Å². The number of ether oxygens (including phenoxy) is 2. The zero-order valence-electron chi connectivity index (χ0n) is 15.1. The summed E-state index contributed by atoms with van der Waals surface area (Å²) in [4.78, 5) is 1.57. The summed E-state index contributed by atoms with van der Waals surface area (Å²) < 4.78 is 11.0. The lowest BCUT2D eigenvalue weighted by molar-refractivity contribution is -0.921. The maximum absolute atomic E-state index is 5.61. The van der Waals surface area contributed by atoms with E-state index in [1.165, 1.54) is 5.56 Å². The molecule has 1 fully saturated rings. The predicted octanol–water partition coefficient (Wildman–Crippen LogP) is 2.31. The minimum Gasteiger partial charge on any atom is -0.492 e. The number of nitrogens with one attached hydrogen (secondary N) is 3. The molecule has 5 nitrogen and oxygen atoms in total. The Hall–Kier alpha value is -2.15. The van der Waals surface area contributed by atoms with E-state index in [4.69, 9.17) is 21.7 Å². The molecule has 1 heterocycles. The molecule has 0 aliphatic carbocycles. The molecule has 2 aromatic carbocycles. The monoisotopic (exact) mass is 372 g/mol. The molecule has 0 spiro atoms. The summed E-state index contributed by atoms with van der Waals surface area (Å²) >= 11 is 5.43. The second kappa shape index (κ2) is 9.52. The Morgan fingerprint density at radius 3 is 2.54 bits per heavy atom. The number of anilines is 2. The lowest BCUT2D eigenvalue weighted by Crippen LogP contribution is -3.12. The zero-order valence-corrected chi connectivity index (χ0v) is 15.9. The Labute approximate surface area is 160 Å². The van der Waals surface area contributed by atoms with Gasteiger partial charge in [0.15, 0.2) is 5.11 Å². The van der Waals surface area contributed by atoms with Crippen LogP contribution in [0.3, 0.4) is 0 Å². The molecule has 0 unspecified atom stereocenters. The average molecular weight is 373 g/mol. The quantitative estimate of drug-likeness (QED) is 0.680. The van der Waals surface area contributed by atoms with Crippen LogP contribution >= 0.6 is 12.2 Å². The molecule has 0 saturated carbocycles. The normalized spacial score (nSPS) is 14.7. The first-order chi connectivity index (χ1) is 12.7. The van der Waals surface area contributed by atoms with Gasteiger partial charge in [-0.25, -0.2) is 0 Å². The Morgan fingerprint density at radius 1 is 1.08 bits per heavy atom. The van der Waals surface area contributed by atoms with E-state index in [2.05, 4.69) is 34.9 Å². The molecule has 138 valence electrons. The maximum atomic E-state index is 5.61. The topological polar surface area (TPSA) is 47.0 Å². The third kappa shape index (κ3) is 5.42. The van der Waals surface area contributed by atoms with Gasteiger partial charge in [0.1, 0.15) is 25.4 Å². The second-order valence-corrected chi connectivity index (χ2v) is 6.65. The maximum Gasteiger partial charge on any atom is 0.175 e. The van der Waals surface area contributed by atoms with Crippen LogP contribution in [0.5, 0.6) is 5.75 Å². The molecular weight excluding hydrogens is 346 g/mol. The Balaban J connectivity index is 1.54. The molecule has 0 aromatic heterocycles. The Bertz CT molecular complexity index is 715. The average Bonchev–Trinajstić information content (AvgIpc) is 2.66. The predicted molar refractivity (Wildman–Crippen MR) is 109 cm³/mol. The van der Waals surface area contributed by atoms with E-state index in [-0.39, 0.29) is 0 Å². The van der Waals surface area contributed by atoms with Gasteiger partial charge < -0.3 is 25.0 Å². The van der Waals surface area contributed by atoms with Crippen molar-refractivity contribution in [1.82, 2.24) is 0 Å². The van der Waals surface area contributed by atoms with E-state index >= 15 is 0 Å². The van der Waals surface area contributed by atoms with Crippen molar-refractivity contribution in [2.45, 2.75) is 13.5 Å². The summed E-state index contributed by atoms with van der Waals surface area (Å²) in [7, 11) is 0. The first-order valence-corrected chi connectivity index (χ1v) is 9.45. The van der Waals surface area contributed by atoms with Crippen molar-refractivity contribution in [2.24, 2.45) is 0 Å². The Morgan fingerprint density at radius 2 is 1.81 bits per heavy atom. The fourth-order valence-corrected chi connectivity index (χ4v) is 3.20. The van der Waals surface area contributed by atoms with Gasteiger partial charge in [-0.15, -0.1) is 0 Å². The van der Waals surface area contributed by atoms with Gasteiger partial charge in [0.25, 0.3) is 0 Å². The zero-order chi connectivity index (χ0) is 18.2. The number of benzene rings is 2. The van der Waals surface area contributed by atoms with Crippen molar-refractivity contribution in [3.63, 3.8) is 0 Å². The summed E-state index contributed by atoms with van der Waals surface area (Å²) in [5.74, 6) is 0.794. The van der Waals surface area contributed by atoms with Gasteiger partial charge in [-0.05, 0) is 43.4 Å². The molecule has 1 aliphatic rings. The molecule has 3 N–H and O–H groups in total. The summed E-state index contributed by atoms with van der Waals surface area (Å²) in [6.45, 7) is 7.49. The standard InChI is InChI=1S/C20H25N3O2S/c1-2-25-19-6-4-3-5-18(19)22-20(26)21-17-9-7-16(8-10-17)15-23-11-13-24-14-12-23/h3-10H,2,11-15H2,1H3,(H2,21,22,26)/p+1. The van der Waals surface area contributed by atoms with Crippen LogP contribution < -0.4 is 20.3 Å². The molecular formula is C20H26N3O2S+. The fraction of sp³-hybridized carbons (Fsp3) is 0.350. The van der Waals surface area contributed by atoms with Crippen LogP contribution in [0.4, 0.5) is 11.4 Å². The van der Waals surface area contributed by atoms with E-state index in [1.54, 1.807) is 4.90 Å². The van der Waals surface area contributed by atoms with Crippen molar-refractivity contribution < 1.29 is 14.4 Å². The van der Waals surface area contributed by atoms with Crippen molar-refractivity contribution in [3.8, 4) is 5.75 Å². The van der Waals surface area contributed by atoms with E-state index in [9.17, 15) is 0 Å². The number of para-hydroxylation sites is 2. The molecule has 1 aliphatic heterocycles. The third-order valence-corrected chi connectivity index (χ3v) is 4.51. The number of thiocarbonyl (C=S) groups is 1. The number of hydrogen-bond donors (Lipinski definition) is 3. The molecule has 0 bridgehead atoms. The summed E-state index contributed by atoms with van der Waals surface area (Å²) in [5, 5.41) is 6.98. The number of morpholine rings is 1. The lowest BCUT2D eigenvalue weighted by Gasteiger charge is -2.23.